The second-order valence-corrected chi connectivity index (χ2v) is 8.19. The van der Waals surface area contributed by atoms with E-state index in [2.05, 4.69) is 10.6 Å². The van der Waals surface area contributed by atoms with Crippen LogP contribution in [-0.2, 0) is 9.53 Å². The Morgan fingerprint density at radius 1 is 1.17 bits per heavy atom. The van der Waals surface area contributed by atoms with E-state index in [0.717, 1.165) is 31.2 Å². The Kier molecular flexibility index (Phi) is 5.91. The lowest BCUT2D eigenvalue weighted by Crippen LogP contribution is -2.46. The summed E-state index contributed by atoms with van der Waals surface area (Å²) in [6.45, 7) is -0.236. The van der Waals surface area contributed by atoms with Crippen molar-refractivity contribution in [3.8, 4) is 5.75 Å². The van der Waals surface area contributed by atoms with Crippen molar-refractivity contribution < 1.29 is 29.3 Å². The summed E-state index contributed by atoms with van der Waals surface area (Å²) in [4.78, 5) is 23.5. The van der Waals surface area contributed by atoms with Crippen molar-refractivity contribution in [1.29, 1.82) is 0 Å². The molecule has 1 aromatic carbocycles. The summed E-state index contributed by atoms with van der Waals surface area (Å²) in [6.07, 6.45) is 4.54. The quantitative estimate of drug-likeness (QED) is 0.599. The number of carboxylic acid groups (broad SMARTS) is 1. The van der Waals surface area contributed by atoms with Gasteiger partial charge in [-0.15, -0.1) is 0 Å². The number of aliphatic hydroxyl groups excluding tert-OH is 1. The van der Waals surface area contributed by atoms with Crippen LogP contribution in [-0.4, -0.2) is 53.2 Å². The summed E-state index contributed by atoms with van der Waals surface area (Å²) in [5.41, 5.74) is 1.59. The molecule has 2 amide bonds. The molecule has 8 heteroatoms. The van der Waals surface area contributed by atoms with Crippen LogP contribution >= 0.6 is 0 Å². The normalized spacial score (nSPS) is 28.7. The Bertz CT molecular complexity index is 764. The van der Waals surface area contributed by atoms with Gasteiger partial charge in [0.25, 0.3) is 0 Å². The summed E-state index contributed by atoms with van der Waals surface area (Å²) >= 11 is 0. The van der Waals surface area contributed by atoms with Gasteiger partial charge in [-0.3, -0.25) is 4.79 Å². The van der Waals surface area contributed by atoms with Gasteiger partial charge in [-0.2, -0.15) is 0 Å². The van der Waals surface area contributed by atoms with Crippen LogP contribution in [0.15, 0.2) is 18.2 Å². The molecule has 158 valence electrons. The fourth-order valence-corrected chi connectivity index (χ4v) is 4.76. The molecule has 8 nitrogen and oxygen atoms in total. The van der Waals surface area contributed by atoms with Crippen LogP contribution in [0.4, 0.5) is 10.5 Å². The third kappa shape index (κ3) is 4.48. The van der Waals surface area contributed by atoms with Gasteiger partial charge in [0.15, 0.2) is 0 Å². The highest BCUT2D eigenvalue weighted by Gasteiger charge is 2.46. The van der Waals surface area contributed by atoms with Gasteiger partial charge in [-0.1, -0.05) is 19.3 Å². The average molecular weight is 404 g/mol. The van der Waals surface area contributed by atoms with E-state index < -0.39 is 18.2 Å². The number of anilines is 1. The van der Waals surface area contributed by atoms with Gasteiger partial charge >= 0.3 is 12.0 Å². The molecule has 0 unspecified atom stereocenters. The standard InChI is InChI=1S/C21H28N2O6/c24-11-18-20-16(9-14(28-18)10-19(25)26)15-8-13(6-7-17(15)29-20)23-21(27)22-12-4-2-1-3-5-12/h6-8,12,14,16,18,20,24H,1-5,9-11H2,(H,25,26)(H2,22,23,27)/t14-,16+,18-,20-/m1/s1. The van der Waals surface area contributed by atoms with Crippen molar-refractivity contribution in [1.82, 2.24) is 5.32 Å². The average Bonchev–Trinajstić information content (AvgIpc) is 3.05. The number of aliphatic carboxylic acids is 1. The number of carbonyl (C=O) groups excluding carboxylic acids is 1. The van der Waals surface area contributed by atoms with E-state index in [-0.39, 0.29) is 37.1 Å². The molecular formula is C21H28N2O6. The zero-order chi connectivity index (χ0) is 20.4. The van der Waals surface area contributed by atoms with Crippen LogP contribution in [0.25, 0.3) is 0 Å². The number of aliphatic hydroxyl groups is 1. The van der Waals surface area contributed by atoms with E-state index in [1.54, 1.807) is 6.07 Å². The van der Waals surface area contributed by atoms with Crippen LogP contribution < -0.4 is 15.4 Å². The second-order valence-electron chi connectivity index (χ2n) is 8.19. The number of hydrogen-bond acceptors (Lipinski definition) is 5. The highest BCUT2D eigenvalue weighted by atomic mass is 16.6. The fourth-order valence-electron chi connectivity index (χ4n) is 4.76. The lowest BCUT2D eigenvalue weighted by Gasteiger charge is -2.36. The third-order valence-electron chi connectivity index (χ3n) is 6.10. The third-order valence-corrected chi connectivity index (χ3v) is 6.10. The summed E-state index contributed by atoms with van der Waals surface area (Å²) in [6, 6.07) is 5.50. The number of rotatable bonds is 5. The van der Waals surface area contributed by atoms with E-state index in [0.29, 0.717) is 17.9 Å². The molecule has 0 spiro atoms. The maximum Gasteiger partial charge on any atom is 0.319 e. The van der Waals surface area contributed by atoms with Crippen molar-refractivity contribution in [2.45, 2.75) is 75.2 Å². The largest absolute Gasteiger partial charge is 0.487 e. The topological polar surface area (TPSA) is 117 Å². The molecule has 1 saturated carbocycles. The van der Waals surface area contributed by atoms with Crippen LogP contribution in [0.5, 0.6) is 5.75 Å². The van der Waals surface area contributed by atoms with E-state index in [1.807, 2.05) is 12.1 Å². The molecule has 1 saturated heterocycles. The molecule has 0 bridgehead atoms. The highest BCUT2D eigenvalue weighted by molar-refractivity contribution is 5.89. The van der Waals surface area contributed by atoms with Crippen molar-refractivity contribution in [3.63, 3.8) is 0 Å². The zero-order valence-corrected chi connectivity index (χ0v) is 16.3. The maximum absolute atomic E-state index is 12.4. The summed E-state index contributed by atoms with van der Waals surface area (Å²) in [7, 11) is 0. The molecule has 4 N–H and O–H groups in total. The first kappa shape index (κ1) is 20.0. The van der Waals surface area contributed by atoms with Gasteiger partial charge in [-0.25, -0.2) is 4.79 Å². The lowest BCUT2D eigenvalue weighted by atomic mass is 9.84. The second kappa shape index (κ2) is 8.59. The number of carbonyl (C=O) groups is 2. The number of carboxylic acids is 1. The smallest absolute Gasteiger partial charge is 0.319 e. The predicted molar refractivity (Wildman–Crippen MR) is 105 cm³/mol. The fraction of sp³-hybridized carbons (Fsp3) is 0.619. The Hall–Kier alpha value is -2.32. The Morgan fingerprint density at radius 3 is 2.69 bits per heavy atom. The first-order chi connectivity index (χ1) is 14.0. The molecule has 2 heterocycles. The minimum atomic E-state index is -0.931. The molecule has 1 aliphatic carbocycles. The maximum atomic E-state index is 12.4. The molecule has 0 radical (unpaired) electrons. The first-order valence-electron chi connectivity index (χ1n) is 10.4. The molecule has 4 atom stereocenters. The number of urea groups is 1. The molecule has 2 aliphatic heterocycles. The van der Waals surface area contributed by atoms with E-state index in [1.165, 1.54) is 6.42 Å². The monoisotopic (exact) mass is 404 g/mol. The summed E-state index contributed by atoms with van der Waals surface area (Å²) in [5, 5.41) is 24.7. The van der Waals surface area contributed by atoms with Gasteiger partial charge in [-0.05, 0) is 37.5 Å². The number of benzene rings is 1. The van der Waals surface area contributed by atoms with Gasteiger partial charge < -0.3 is 30.3 Å². The molecule has 1 aromatic rings. The van der Waals surface area contributed by atoms with Gasteiger partial charge in [0.2, 0.25) is 0 Å². The Labute approximate surface area is 169 Å². The zero-order valence-electron chi connectivity index (χ0n) is 16.3. The van der Waals surface area contributed by atoms with Crippen molar-refractivity contribution >= 4 is 17.7 Å². The number of fused-ring (bicyclic) bond motifs is 3. The van der Waals surface area contributed by atoms with E-state index >= 15 is 0 Å². The van der Waals surface area contributed by atoms with Crippen LogP contribution in [0.3, 0.4) is 0 Å². The molecule has 0 aromatic heterocycles. The molecule has 2 fully saturated rings. The van der Waals surface area contributed by atoms with Gasteiger partial charge in [0, 0.05) is 23.2 Å². The number of amides is 2. The number of nitrogens with one attached hydrogen (secondary N) is 2. The first-order valence-corrected chi connectivity index (χ1v) is 10.4. The Morgan fingerprint density at radius 2 is 1.97 bits per heavy atom. The SMILES string of the molecule is O=C(O)C[C@H]1C[C@H]2c3cc(NC(=O)NC4CCCCC4)ccc3O[C@H]2[C@@H](CO)O1. The number of ether oxygens (including phenoxy) is 2. The van der Waals surface area contributed by atoms with Crippen LogP contribution in [0.1, 0.15) is 56.4 Å². The van der Waals surface area contributed by atoms with Gasteiger partial charge in [0.1, 0.15) is 18.0 Å². The summed E-state index contributed by atoms with van der Waals surface area (Å²) in [5.74, 6) is -0.321. The van der Waals surface area contributed by atoms with E-state index in [9.17, 15) is 14.7 Å². The predicted octanol–water partition coefficient (Wildman–Crippen LogP) is 2.61. The van der Waals surface area contributed by atoms with Crippen LogP contribution in [0.2, 0.25) is 0 Å². The van der Waals surface area contributed by atoms with Crippen molar-refractivity contribution in [2.75, 3.05) is 11.9 Å². The minimum absolute atomic E-state index is 0.0802. The summed E-state index contributed by atoms with van der Waals surface area (Å²) < 4.78 is 11.7. The molecule has 3 aliphatic rings. The number of hydrogen-bond donors (Lipinski definition) is 4. The highest BCUT2D eigenvalue weighted by Crippen LogP contribution is 2.47. The van der Waals surface area contributed by atoms with Crippen molar-refractivity contribution in [2.24, 2.45) is 0 Å². The van der Waals surface area contributed by atoms with Crippen molar-refractivity contribution in [3.05, 3.63) is 23.8 Å². The molecule has 29 heavy (non-hydrogen) atoms. The Balaban J connectivity index is 1.46. The lowest BCUT2D eigenvalue weighted by molar-refractivity contribution is -0.153. The van der Waals surface area contributed by atoms with Gasteiger partial charge in [0.05, 0.1) is 19.1 Å². The molecule has 4 rings (SSSR count). The molecular weight excluding hydrogens is 376 g/mol. The van der Waals surface area contributed by atoms with E-state index in [4.69, 9.17) is 14.6 Å². The minimum Gasteiger partial charge on any atom is -0.487 e. The van der Waals surface area contributed by atoms with Crippen LogP contribution in [0, 0.1) is 0 Å².